The first kappa shape index (κ1) is 40.2. The highest BCUT2D eigenvalue weighted by molar-refractivity contribution is 5.74. The first-order valence-corrected chi connectivity index (χ1v) is 15.3. The Hall–Kier alpha value is -2.97. The van der Waals surface area contributed by atoms with Gasteiger partial charge >= 0.3 is 0 Å². The second-order valence-electron chi connectivity index (χ2n) is 11.1. The van der Waals surface area contributed by atoms with E-state index in [2.05, 4.69) is 108 Å². The monoisotopic (exact) mass is 558 g/mol. The number of nitrogens with zero attached hydrogens (tertiary/aromatic N) is 2. The summed E-state index contributed by atoms with van der Waals surface area (Å²) in [6, 6.07) is 18.6. The average Bonchev–Trinajstić information content (AvgIpc) is 2.94. The van der Waals surface area contributed by atoms with Gasteiger partial charge in [-0.05, 0) is 110 Å². The molecule has 41 heavy (non-hydrogen) atoms. The minimum atomic E-state index is 1.03. The molecule has 0 unspecified atom stereocenters. The molecule has 0 aliphatic carbocycles. The molecule has 1 saturated heterocycles. The van der Waals surface area contributed by atoms with Gasteiger partial charge in [-0.2, -0.15) is 0 Å². The van der Waals surface area contributed by atoms with E-state index in [1.807, 2.05) is 50.3 Å². The van der Waals surface area contributed by atoms with E-state index in [0.717, 1.165) is 17.9 Å². The zero-order chi connectivity index (χ0) is 31.5. The van der Waals surface area contributed by atoms with Crippen molar-refractivity contribution < 1.29 is 0 Å². The summed E-state index contributed by atoms with van der Waals surface area (Å²) in [4.78, 5) is 6.20. The van der Waals surface area contributed by atoms with Crippen molar-refractivity contribution in [2.45, 2.75) is 87.5 Å². The number of unbranched alkanes of at least 4 members (excludes halogenated alkanes) is 1. The third-order valence-electron chi connectivity index (χ3n) is 6.36. The molecule has 1 aliphatic rings. The summed E-state index contributed by atoms with van der Waals surface area (Å²) in [5, 5.41) is 0. The maximum absolute atomic E-state index is 4.05. The van der Waals surface area contributed by atoms with Gasteiger partial charge < -0.3 is 4.90 Å². The van der Waals surface area contributed by atoms with Crippen molar-refractivity contribution >= 4 is 11.8 Å². The standard InChI is InChI=1S/C13H16.C8H17N.C7H8.C6H11N.C5H10/c1-10(2)9-12(4)13-8-6-5-7-11(13)3;1-3-8-4-6-9(2)7-5-8;1-7-5-3-2-4-6-7;1-6(2)4-5-7-3;1-3-5-4-2/h5-9H,4H2,1-3H3;8H,3-7H2,1-2H3;2-6H,1H3;4-5H,1-3H3;3H,1,4-5H2,2H3. The van der Waals surface area contributed by atoms with Crippen molar-refractivity contribution in [3.05, 3.63) is 114 Å². The Balaban J connectivity index is 0. The first-order chi connectivity index (χ1) is 19.5. The molecule has 1 heterocycles. The maximum atomic E-state index is 4.05. The molecule has 0 atom stereocenters. The van der Waals surface area contributed by atoms with Gasteiger partial charge in [-0.25, -0.2) is 0 Å². The maximum Gasteiger partial charge on any atom is 0.0277 e. The SMILES string of the molecule is C=C(C=C(C)C)c1ccccc1C.C=CCCC.CCC1CCN(C)CC1.CN=CC=C(C)C.Cc1ccccc1. The molecule has 2 aromatic rings. The lowest BCUT2D eigenvalue weighted by atomic mass is 9.95. The Morgan fingerprint density at radius 3 is 1.80 bits per heavy atom. The first-order valence-electron chi connectivity index (χ1n) is 15.3. The predicted octanol–water partition coefficient (Wildman–Crippen LogP) is 11.3. The van der Waals surface area contributed by atoms with Crippen LogP contribution in [-0.2, 0) is 0 Å². The highest BCUT2D eigenvalue weighted by Crippen LogP contribution is 2.19. The van der Waals surface area contributed by atoms with Crippen molar-refractivity contribution in [3.63, 3.8) is 0 Å². The molecule has 3 rings (SSSR count). The molecule has 1 fully saturated rings. The highest BCUT2D eigenvalue weighted by atomic mass is 15.1. The lowest BCUT2D eigenvalue weighted by molar-refractivity contribution is 0.216. The lowest BCUT2D eigenvalue weighted by Gasteiger charge is -2.27. The van der Waals surface area contributed by atoms with E-state index < -0.39 is 0 Å². The molecule has 1 aliphatic heterocycles. The van der Waals surface area contributed by atoms with Crippen molar-refractivity contribution in [1.29, 1.82) is 0 Å². The van der Waals surface area contributed by atoms with Crippen LogP contribution in [0, 0.1) is 19.8 Å². The van der Waals surface area contributed by atoms with Crippen molar-refractivity contribution in [1.82, 2.24) is 4.90 Å². The summed E-state index contributed by atoms with van der Waals surface area (Å²) in [6.07, 6.45) is 14.4. The summed E-state index contributed by atoms with van der Waals surface area (Å²) >= 11 is 0. The van der Waals surface area contributed by atoms with Crippen LogP contribution in [0.3, 0.4) is 0 Å². The van der Waals surface area contributed by atoms with Gasteiger partial charge in [-0.15, -0.1) is 6.58 Å². The van der Waals surface area contributed by atoms with Crippen LogP contribution in [-0.4, -0.2) is 38.3 Å². The third kappa shape index (κ3) is 25.7. The molecule has 0 saturated carbocycles. The quantitative estimate of drug-likeness (QED) is 0.195. The van der Waals surface area contributed by atoms with Crippen molar-refractivity contribution in [2.75, 3.05) is 27.2 Å². The number of aliphatic imine (C=N–C) groups is 1. The van der Waals surface area contributed by atoms with Gasteiger partial charge in [-0.1, -0.05) is 117 Å². The van der Waals surface area contributed by atoms with Crippen LogP contribution in [0.15, 0.2) is 102 Å². The number of allylic oxidation sites excluding steroid dienone is 6. The van der Waals surface area contributed by atoms with Gasteiger partial charge in [0.25, 0.3) is 0 Å². The molecule has 0 aromatic heterocycles. The largest absolute Gasteiger partial charge is 0.306 e. The van der Waals surface area contributed by atoms with Gasteiger partial charge in [0.15, 0.2) is 0 Å². The Labute approximate surface area is 255 Å². The van der Waals surface area contributed by atoms with Crippen LogP contribution < -0.4 is 0 Å². The smallest absolute Gasteiger partial charge is 0.0277 e. The number of aryl methyl sites for hydroxylation is 2. The number of benzene rings is 2. The van der Waals surface area contributed by atoms with E-state index in [1.165, 1.54) is 66.6 Å². The molecule has 2 nitrogen and oxygen atoms in total. The minimum absolute atomic E-state index is 1.03. The van der Waals surface area contributed by atoms with Gasteiger partial charge in [0, 0.05) is 13.3 Å². The van der Waals surface area contributed by atoms with Crippen molar-refractivity contribution in [3.8, 4) is 0 Å². The molecule has 228 valence electrons. The highest BCUT2D eigenvalue weighted by Gasteiger charge is 2.13. The fourth-order valence-electron chi connectivity index (χ4n) is 3.79. The summed E-state index contributed by atoms with van der Waals surface area (Å²) in [7, 11) is 3.98. The van der Waals surface area contributed by atoms with Crippen LogP contribution in [0.2, 0.25) is 0 Å². The lowest BCUT2D eigenvalue weighted by Crippen LogP contribution is -2.29. The van der Waals surface area contributed by atoms with Crippen LogP contribution in [0.25, 0.3) is 5.57 Å². The molecule has 2 heteroatoms. The Kier molecular flexibility index (Phi) is 26.7. The molecule has 0 radical (unpaired) electrons. The number of rotatable bonds is 6. The number of hydrogen-bond acceptors (Lipinski definition) is 2. The molecular weight excluding hydrogens is 496 g/mol. The Morgan fingerprint density at radius 2 is 1.46 bits per heavy atom. The predicted molar refractivity (Wildman–Crippen MR) is 190 cm³/mol. The fraction of sp³-hybridized carbons (Fsp3) is 0.462. The zero-order valence-corrected chi connectivity index (χ0v) is 28.3. The summed E-state index contributed by atoms with van der Waals surface area (Å²) < 4.78 is 0. The fourth-order valence-corrected chi connectivity index (χ4v) is 3.79. The summed E-state index contributed by atoms with van der Waals surface area (Å²) in [5.74, 6) is 1.03. The Morgan fingerprint density at radius 1 is 0.902 bits per heavy atom. The van der Waals surface area contributed by atoms with Gasteiger partial charge in [0.1, 0.15) is 0 Å². The van der Waals surface area contributed by atoms with E-state index in [-0.39, 0.29) is 0 Å². The molecule has 0 spiro atoms. The van der Waals surface area contributed by atoms with E-state index >= 15 is 0 Å². The Bertz CT molecular complexity index is 995. The van der Waals surface area contributed by atoms with E-state index in [1.54, 1.807) is 13.3 Å². The second kappa shape index (κ2) is 27.2. The summed E-state index contributed by atoms with van der Waals surface area (Å²) in [6.45, 7) is 27.1. The normalized spacial score (nSPS) is 12.4. The van der Waals surface area contributed by atoms with Gasteiger partial charge in [0.2, 0.25) is 0 Å². The number of likely N-dealkylation sites (tertiary alicyclic amines) is 1. The second-order valence-corrected chi connectivity index (χ2v) is 11.1. The van der Waals surface area contributed by atoms with Crippen LogP contribution >= 0.6 is 0 Å². The van der Waals surface area contributed by atoms with Crippen LogP contribution in [0.5, 0.6) is 0 Å². The molecule has 0 amide bonds. The third-order valence-corrected chi connectivity index (χ3v) is 6.36. The molecular formula is C39H62N2. The van der Waals surface area contributed by atoms with E-state index in [4.69, 9.17) is 0 Å². The molecule has 0 N–H and O–H groups in total. The van der Waals surface area contributed by atoms with Gasteiger partial charge in [0.05, 0.1) is 0 Å². The summed E-state index contributed by atoms with van der Waals surface area (Å²) in [5.41, 5.74) is 7.51. The number of hydrogen-bond donors (Lipinski definition) is 0. The average molecular weight is 559 g/mol. The van der Waals surface area contributed by atoms with E-state index in [9.17, 15) is 0 Å². The van der Waals surface area contributed by atoms with E-state index in [0.29, 0.717) is 0 Å². The molecule has 2 aromatic carbocycles. The van der Waals surface area contributed by atoms with Crippen LogP contribution in [0.1, 0.15) is 90.3 Å². The zero-order valence-electron chi connectivity index (χ0n) is 28.3. The molecule has 0 bridgehead atoms. The van der Waals surface area contributed by atoms with Gasteiger partial charge in [-0.3, -0.25) is 4.99 Å². The topological polar surface area (TPSA) is 15.6 Å². The minimum Gasteiger partial charge on any atom is -0.306 e. The van der Waals surface area contributed by atoms with Crippen LogP contribution in [0.4, 0.5) is 0 Å². The van der Waals surface area contributed by atoms with Crippen molar-refractivity contribution in [2.24, 2.45) is 10.9 Å². The number of piperidine rings is 1.